The van der Waals surface area contributed by atoms with Crippen molar-refractivity contribution in [3.8, 4) is 5.75 Å². The number of sulfonamides is 1. The molecule has 94 valence electrons. The second-order valence-electron chi connectivity index (χ2n) is 3.27. The highest BCUT2D eigenvalue weighted by atomic mass is 32.2. The molecule has 2 aromatic rings. The van der Waals surface area contributed by atoms with Crippen LogP contribution >= 0.6 is 0 Å². The van der Waals surface area contributed by atoms with Crippen LogP contribution in [0.25, 0.3) is 0 Å². The third-order valence-corrected chi connectivity index (χ3v) is 3.27. The SMILES string of the molecule is O=S(=O)(Nc1ncccc1O)c1ncccc1F. The first-order chi connectivity index (χ1) is 8.50. The zero-order valence-corrected chi connectivity index (χ0v) is 9.72. The van der Waals surface area contributed by atoms with E-state index in [4.69, 9.17) is 0 Å². The van der Waals surface area contributed by atoms with Crippen molar-refractivity contribution in [3.05, 3.63) is 42.5 Å². The molecule has 0 aliphatic rings. The molecule has 2 heterocycles. The number of aromatic nitrogens is 2. The summed E-state index contributed by atoms with van der Waals surface area (Å²) in [5.74, 6) is -1.64. The van der Waals surface area contributed by atoms with Crippen molar-refractivity contribution < 1.29 is 17.9 Å². The molecule has 0 unspecified atom stereocenters. The summed E-state index contributed by atoms with van der Waals surface area (Å²) in [6, 6.07) is 4.92. The fraction of sp³-hybridized carbons (Fsp3) is 0. The van der Waals surface area contributed by atoms with Crippen LogP contribution in [0.3, 0.4) is 0 Å². The van der Waals surface area contributed by atoms with Gasteiger partial charge in [-0.05, 0) is 24.3 Å². The lowest BCUT2D eigenvalue weighted by Crippen LogP contribution is -2.16. The van der Waals surface area contributed by atoms with E-state index in [1.807, 2.05) is 4.72 Å². The molecule has 0 radical (unpaired) electrons. The standard InChI is InChI=1S/C10H8FN3O3S/c11-7-3-1-6-13-10(7)18(16,17)14-9-8(15)4-2-5-12-9/h1-6,15H,(H,12,14). The smallest absolute Gasteiger partial charge is 0.283 e. The molecule has 0 amide bonds. The fourth-order valence-electron chi connectivity index (χ4n) is 1.22. The van der Waals surface area contributed by atoms with Gasteiger partial charge in [0.1, 0.15) is 0 Å². The van der Waals surface area contributed by atoms with Gasteiger partial charge < -0.3 is 5.11 Å². The van der Waals surface area contributed by atoms with Gasteiger partial charge in [-0.25, -0.2) is 14.4 Å². The highest BCUT2D eigenvalue weighted by molar-refractivity contribution is 7.92. The average Bonchev–Trinajstić information content (AvgIpc) is 2.32. The van der Waals surface area contributed by atoms with E-state index in [1.165, 1.54) is 24.4 Å². The number of anilines is 1. The topological polar surface area (TPSA) is 92.2 Å². The molecule has 0 aliphatic carbocycles. The molecule has 0 atom stereocenters. The molecule has 0 spiro atoms. The van der Waals surface area contributed by atoms with Gasteiger partial charge in [0.25, 0.3) is 10.0 Å². The number of pyridine rings is 2. The lowest BCUT2D eigenvalue weighted by molar-refractivity contribution is 0.475. The minimum Gasteiger partial charge on any atom is -0.504 e. The fourth-order valence-corrected chi connectivity index (χ4v) is 2.25. The Hall–Kier alpha value is -2.22. The Labute approximate surface area is 102 Å². The molecule has 0 aromatic carbocycles. The van der Waals surface area contributed by atoms with E-state index >= 15 is 0 Å². The van der Waals surface area contributed by atoms with Crippen molar-refractivity contribution in [3.63, 3.8) is 0 Å². The number of aromatic hydroxyl groups is 1. The molecular weight excluding hydrogens is 261 g/mol. The van der Waals surface area contributed by atoms with E-state index in [1.54, 1.807) is 0 Å². The normalized spacial score (nSPS) is 11.2. The van der Waals surface area contributed by atoms with Crippen molar-refractivity contribution in [2.75, 3.05) is 4.72 Å². The second-order valence-corrected chi connectivity index (χ2v) is 4.86. The van der Waals surface area contributed by atoms with Crippen LogP contribution < -0.4 is 4.72 Å². The predicted octanol–water partition coefficient (Wildman–Crippen LogP) is 1.12. The van der Waals surface area contributed by atoms with E-state index in [0.717, 1.165) is 12.3 Å². The minimum atomic E-state index is -4.23. The van der Waals surface area contributed by atoms with Gasteiger partial charge in [-0.3, -0.25) is 4.72 Å². The van der Waals surface area contributed by atoms with Gasteiger partial charge in [0.05, 0.1) is 0 Å². The Morgan fingerprint density at radius 3 is 2.50 bits per heavy atom. The van der Waals surface area contributed by atoms with Crippen molar-refractivity contribution in [1.82, 2.24) is 9.97 Å². The molecule has 2 rings (SSSR count). The third-order valence-electron chi connectivity index (χ3n) is 2.00. The van der Waals surface area contributed by atoms with E-state index in [2.05, 4.69) is 9.97 Å². The highest BCUT2D eigenvalue weighted by Gasteiger charge is 2.22. The summed E-state index contributed by atoms with van der Waals surface area (Å²) in [4.78, 5) is 7.07. The predicted molar refractivity (Wildman–Crippen MR) is 60.9 cm³/mol. The molecule has 0 aliphatic heterocycles. The summed E-state index contributed by atoms with van der Waals surface area (Å²) in [6.07, 6.45) is 2.43. The molecule has 0 fully saturated rings. The molecule has 8 heteroatoms. The van der Waals surface area contributed by atoms with E-state index < -0.39 is 20.9 Å². The number of hydrogen-bond donors (Lipinski definition) is 2. The Kier molecular flexibility index (Phi) is 3.11. The molecule has 0 saturated heterocycles. The summed E-state index contributed by atoms with van der Waals surface area (Å²) < 4.78 is 38.9. The number of rotatable bonds is 3. The largest absolute Gasteiger partial charge is 0.504 e. The molecule has 0 saturated carbocycles. The van der Waals surface area contributed by atoms with Gasteiger partial charge in [-0.15, -0.1) is 0 Å². The number of halogens is 1. The quantitative estimate of drug-likeness (QED) is 0.871. The summed E-state index contributed by atoms with van der Waals surface area (Å²) >= 11 is 0. The molecule has 18 heavy (non-hydrogen) atoms. The Bertz CT molecular complexity index is 676. The van der Waals surface area contributed by atoms with Gasteiger partial charge in [0, 0.05) is 12.4 Å². The zero-order valence-electron chi connectivity index (χ0n) is 8.91. The Morgan fingerprint density at radius 2 is 1.83 bits per heavy atom. The van der Waals surface area contributed by atoms with Crippen LogP contribution in [0.15, 0.2) is 41.7 Å². The van der Waals surface area contributed by atoms with Crippen LogP contribution in [0.5, 0.6) is 5.75 Å². The Balaban J connectivity index is 2.40. The maximum Gasteiger partial charge on any atom is 0.283 e. The van der Waals surface area contributed by atoms with E-state index in [-0.39, 0.29) is 11.6 Å². The van der Waals surface area contributed by atoms with Crippen LogP contribution in [0.2, 0.25) is 0 Å². The average molecular weight is 269 g/mol. The zero-order chi connectivity index (χ0) is 13.2. The number of nitrogens with zero attached hydrogens (tertiary/aromatic N) is 2. The van der Waals surface area contributed by atoms with Gasteiger partial charge in [0.15, 0.2) is 17.4 Å². The van der Waals surface area contributed by atoms with Gasteiger partial charge in [0.2, 0.25) is 5.03 Å². The second kappa shape index (κ2) is 4.57. The van der Waals surface area contributed by atoms with Crippen molar-refractivity contribution in [2.24, 2.45) is 0 Å². The molecule has 6 nitrogen and oxygen atoms in total. The maximum absolute atomic E-state index is 13.3. The lowest BCUT2D eigenvalue weighted by Gasteiger charge is -2.07. The van der Waals surface area contributed by atoms with Crippen molar-refractivity contribution >= 4 is 15.8 Å². The first kappa shape index (κ1) is 12.2. The van der Waals surface area contributed by atoms with Crippen molar-refractivity contribution in [2.45, 2.75) is 5.03 Å². The molecule has 2 aromatic heterocycles. The van der Waals surface area contributed by atoms with Gasteiger partial charge in [-0.2, -0.15) is 8.42 Å². The van der Waals surface area contributed by atoms with Crippen LogP contribution in [-0.2, 0) is 10.0 Å². The summed E-state index contributed by atoms with van der Waals surface area (Å²) in [5.41, 5.74) is 0. The maximum atomic E-state index is 13.3. The lowest BCUT2D eigenvalue weighted by atomic mass is 10.4. The van der Waals surface area contributed by atoms with Crippen LogP contribution in [0, 0.1) is 5.82 Å². The van der Waals surface area contributed by atoms with E-state index in [9.17, 15) is 17.9 Å². The Morgan fingerprint density at radius 1 is 1.17 bits per heavy atom. The van der Waals surface area contributed by atoms with Crippen LogP contribution in [-0.4, -0.2) is 23.5 Å². The monoisotopic (exact) mass is 269 g/mol. The first-order valence-corrected chi connectivity index (χ1v) is 6.26. The minimum absolute atomic E-state index is 0.289. The highest BCUT2D eigenvalue weighted by Crippen LogP contribution is 2.22. The van der Waals surface area contributed by atoms with Gasteiger partial charge in [-0.1, -0.05) is 0 Å². The number of hydrogen-bond acceptors (Lipinski definition) is 5. The summed E-state index contributed by atoms with van der Waals surface area (Å²) in [5, 5.41) is 8.63. The van der Waals surface area contributed by atoms with Crippen molar-refractivity contribution in [1.29, 1.82) is 0 Å². The summed E-state index contributed by atoms with van der Waals surface area (Å²) in [6.45, 7) is 0. The molecular formula is C10H8FN3O3S. The molecule has 0 bridgehead atoms. The molecule has 2 N–H and O–H groups in total. The summed E-state index contributed by atoms with van der Waals surface area (Å²) in [7, 11) is -4.23. The third kappa shape index (κ3) is 2.38. The van der Waals surface area contributed by atoms with Crippen LogP contribution in [0.4, 0.5) is 10.2 Å². The number of nitrogens with one attached hydrogen (secondary N) is 1. The van der Waals surface area contributed by atoms with Gasteiger partial charge >= 0.3 is 0 Å². The van der Waals surface area contributed by atoms with Crippen LogP contribution in [0.1, 0.15) is 0 Å². The first-order valence-electron chi connectivity index (χ1n) is 4.78. The van der Waals surface area contributed by atoms with E-state index in [0.29, 0.717) is 0 Å².